The number of amides is 2. The van der Waals surface area contributed by atoms with Crippen LogP contribution in [0.4, 0.5) is 28.0 Å². The Balaban J connectivity index is 1.83. The number of piperazine rings is 1. The maximum absolute atomic E-state index is 14.0. The van der Waals surface area contributed by atoms with Crippen LogP contribution in [0.1, 0.15) is 42.3 Å². The van der Waals surface area contributed by atoms with E-state index < -0.39 is 29.4 Å². The number of urea groups is 1. The molecule has 3 rings (SSSR count). The topological polar surface area (TPSA) is 53.1 Å². The Morgan fingerprint density at radius 2 is 1.61 bits per heavy atom. The summed E-state index contributed by atoms with van der Waals surface area (Å²) in [5.41, 5.74) is -1.15. The summed E-state index contributed by atoms with van der Waals surface area (Å²) >= 11 is 0. The third kappa shape index (κ3) is 7.43. The van der Waals surface area contributed by atoms with E-state index in [1.807, 2.05) is 4.90 Å². The average Bonchev–Trinajstić information content (AvgIpc) is 2.82. The average molecular weight is 510 g/mol. The fraction of sp³-hybridized carbons (Fsp3) is 0.462. The molecule has 1 aliphatic rings. The second-order valence-corrected chi connectivity index (χ2v) is 9.32. The molecule has 0 unspecified atom stereocenters. The van der Waals surface area contributed by atoms with Crippen LogP contribution in [-0.2, 0) is 17.5 Å². The van der Waals surface area contributed by atoms with Gasteiger partial charge in [-0.1, -0.05) is 18.2 Å². The molecule has 0 atom stereocenters. The molecule has 1 fully saturated rings. The highest BCUT2D eigenvalue weighted by molar-refractivity contribution is 5.92. The standard InChI is InChI=1S/C26H31F4N3O3/c1-4-36-23(34)20-10-8-19(9-11-20)17-33(22-7-5-6-21(16-22)26(28,29)30)24(35)32-14-12-31(13-15-32)18-25(2,3)27/h5-11,16H,4,12-15,17-18H2,1-3H3. The van der Waals surface area contributed by atoms with E-state index in [1.54, 1.807) is 36.1 Å². The van der Waals surface area contributed by atoms with Crippen LogP contribution >= 0.6 is 0 Å². The van der Waals surface area contributed by atoms with Gasteiger partial charge in [-0.25, -0.2) is 14.0 Å². The van der Waals surface area contributed by atoms with Crippen molar-refractivity contribution in [2.24, 2.45) is 0 Å². The molecule has 10 heteroatoms. The molecule has 0 aliphatic carbocycles. The third-order valence-corrected chi connectivity index (χ3v) is 5.76. The molecule has 2 aromatic carbocycles. The minimum Gasteiger partial charge on any atom is -0.462 e. The number of carbonyl (C=O) groups is 2. The van der Waals surface area contributed by atoms with Crippen LogP contribution in [0.15, 0.2) is 48.5 Å². The molecule has 0 spiro atoms. The summed E-state index contributed by atoms with van der Waals surface area (Å²) in [6, 6.07) is 10.6. The number of nitrogens with zero attached hydrogens (tertiary/aromatic N) is 3. The fourth-order valence-electron chi connectivity index (χ4n) is 4.06. The van der Waals surface area contributed by atoms with E-state index in [0.29, 0.717) is 37.3 Å². The molecule has 1 aliphatic heterocycles. The highest BCUT2D eigenvalue weighted by atomic mass is 19.4. The molecular formula is C26H31F4N3O3. The highest BCUT2D eigenvalue weighted by Gasteiger charge is 2.33. The van der Waals surface area contributed by atoms with Gasteiger partial charge in [0.15, 0.2) is 0 Å². The van der Waals surface area contributed by atoms with Gasteiger partial charge in [0, 0.05) is 38.4 Å². The Bertz CT molecular complexity index is 1040. The zero-order valence-electron chi connectivity index (χ0n) is 20.6. The number of halogens is 4. The second kappa shape index (κ2) is 11.3. The molecule has 36 heavy (non-hydrogen) atoms. The lowest BCUT2D eigenvalue weighted by Gasteiger charge is -2.39. The molecule has 2 aromatic rings. The van der Waals surface area contributed by atoms with Crippen LogP contribution in [0, 0.1) is 0 Å². The van der Waals surface area contributed by atoms with Crippen molar-refractivity contribution in [3.8, 4) is 0 Å². The van der Waals surface area contributed by atoms with Crippen LogP contribution in [0.5, 0.6) is 0 Å². The van der Waals surface area contributed by atoms with Crippen molar-refractivity contribution in [2.75, 3.05) is 44.2 Å². The van der Waals surface area contributed by atoms with Gasteiger partial charge in [-0.3, -0.25) is 9.80 Å². The molecule has 0 saturated carbocycles. The van der Waals surface area contributed by atoms with Gasteiger partial charge in [-0.2, -0.15) is 13.2 Å². The molecule has 6 nitrogen and oxygen atoms in total. The molecule has 1 saturated heterocycles. The summed E-state index contributed by atoms with van der Waals surface area (Å²) in [5.74, 6) is -0.482. The molecule has 0 aromatic heterocycles. The Kier molecular flexibility index (Phi) is 8.60. The van der Waals surface area contributed by atoms with Crippen molar-refractivity contribution < 1.29 is 31.9 Å². The van der Waals surface area contributed by atoms with Gasteiger partial charge in [0.05, 0.1) is 24.3 Å². The maximum atomic E-state index is 14.0. The first-order valence-corrected chi connectivity index (χ1v) is 11.8. The summed E-state index contributed by atoms with van der Waals surface area (Å²) < 4.78 is 59.1. The lowest BCUT2D eigenvalue weighted by Crippen LogP contribution is -2.54. The van der Waals surface area contributed by atoms with Crippen molar-refractivity contribution in [2.45, 2.75) is 39.2 Å². The summed E-state index contributed by atoms with van der Waals surface area (Å²) in [5, 5.41) is 0. The van der Waals surface area contributed by atoms with Crippen molar-refractivity contribution >= 4 is 17.7 Å². The fourth-order valence-corrected chi connectivity index (χ4v) is 4.06. The lowest BCUT2D eigenvalue weighted by molar-refractivity contribution is -0.137. The first-order chi connectivity index (χ1) is 16.9. The van der Waals surface area contributed by atoms with E-state index in [2.05, 4.69) is 0 Å². The van der Waals surface area contributed by atoms with Gasteiger partial charge >= 0.3 is 18.2 Å². The summed E-state index contributed by atoms with van der Waals surface area (Å²) in [6.45, 7) is 6.73. The molecule has 0 bridgehead atoms. The lowest BCUT2D eigenvalue weighted by atomic mass is 10.1. The minimum absolute atomic E-state index is 0.000967. The summed E-state index contributed by atoms with van der Waals surface area (Å²) in [6.07, 6.45) is -4.56. The van der Waals surface area contributed by atoms with Crippen molar-refractivity contribution in [3.63, 3.8) is 0 Å². The molecule has 2 amide bonds. The number of benzene rings is 2. The van der Waals surface area contributed by atoms with Crippen LogP contribution in [0.25, 0.3) is 0 Å². The Morgan fingerprint density at radius 1 is 0.972 bits per heavy atom. The van der Waals surface area contributed by atoms with E-state index in [4.69, 9.17) is 4.74 Å². The van der Waals surface area contributed by atoms with Crippen molar-refractivity contribution in [3.05, 3.63) is 65.2 Å². The molecule has 1 heterocycles. The van der Waals surface area contributed by atoms with Crippen LogP contribution < -0.4 is 4.90 Å². The first kappa shape index (κ1) is 27.4. The van der Waals surface area contributed by atoms with Gasteiger partial charge in [-0.15, -0.1) is 0 Å². The number of anilines is 1. The predicted molar refractivity (Wildman–Crippen MR) is 129 cm³/mol. The predicted octanol–water partition coefficient (Wildman–Crippen LogP) is 5.37. The zero-order valence-corrected chi connectivity index (χ0v) is 20.6. The number of esters is 1. The van der Waals surface area contributed by atoms with Crippen molar-refractivity contribution in [1.29, 1.82) is 0 Å². The molecule has 196 valence electrons. The Labute approximate surface area is 208 Å². The van der Waals surface area contributed by atoms with Crippen molar-refractivity contribution in [1.82, 2.24) is 9.80 Å². The smallest absolute Gasteiger partial charge is 0.416 e. The van der Waals surface area contributed by atoms with E-state index in [1.165, 1.54) is 30.9 Å². The van der Waals surface area contributed by atoms with E-state index in [9.17, 15) is 27.2 Å². The Hall–Kier alpha value is -3.14. The molecule has 0 N–H and O–H groups in total. The highest BCUT2D eigenvalue weighted by Crippen LogP contribution is 2.32. The molecule has 0 radical (unpaired) electrons. The monoisotopic (exact) mass is 509 g/mol. The SMILES string of the molecule is CCOC(=O)c1ccc(CN(C(=O)N2CCN(CC(C)(C)F)CC2)c2cccc(C(F)(F)F)c2)cc1. The number of hydrogen-bond donors (Lipinski definition) is 0. The third-order valence-electron chi connectivity index (χ3n) is 5.76. The number of rotatable bonds is 7. The van der Waals surface area contributed by atoms with Crippen LogP contribution in [0.3, 0.4) is 0 Å². The van der Waals surface area contributed by atoms with Gasteiger partial charge in [0.2, 0.25) is 0 Å². The zero-order chi connectivity index (χ0) is 26.5. The largest absolute Gasteiger partial charge is 0.462 e. The maximum Gasteiger partial charge on any atom is 0.416 e. The molecular weight excluding hydrogens is 478 g/mol. The first-order valence-electron chi connectivity index (χ1n) is 11.8. The number of alkyl halides is 4. The van der Waals surface area contributed by atoms with Gasteiger partial charge in [0.1, 0.15) is 5.67 Å². The van der Waals surface area contributed by atoms with E-state index in [0.717, 1.165) is 12.1 Å². The van der Waals surface area contributed by atoms with Gasteiger partial charge in [0.25, 0.3) is 0 Å². The Morgan fingerprint density at radius 3 is 2.17 bits per heavy atom. The van der Waals surface area contributed by atoms with E-state index >= 15 is 0 Å². The quantitative estimate of drug-likeness (QED) is 0.372. The number of hydrogen-bond acceptors (Lipinski definition) is 4. The number of carbonyl (C=O) groups excluding carboxylic acids is 2. The number of ether oxygens (including phenoxy) is 1. The van der Waals surface area contributed by atoms with Crippen LogP contribution in [-0.4, -0.2) is 66.8 Å². The van der Waals surface area contributed by atoms with Crippen LogP contribution in [0.2, 0.25) is 0 Å². The van der Waals surface area contributed by atoms with Gasteiger partial charge in [-0.05, 0) is 56.7 Å². The summed E-state index contributed by atoms with van der Waals surface area (Å²) in [4.78, 5) is 30.2. The summed E-state index contributed by atoms with van der Waals surface area (Å²) in [7, 11) is 0. The normalized spacial score (nSPS) is 15.0. The van der Waals surface area contributed by atoms with Gasteiger partial charge < -0.3 is 9.64 Å². The second-order valence-electron chi connectivity index (χ2n) is 9.32. The van der Waals surface area contributed by atoms with E-state index in [-0.39, 0.29) is 25.4 Å². The minimum atomic E-state index is -4.56.